The van der Waals surface area contributed by atoms with Crippen LogP contribution in [0.25, 0.3) is 0 Å². The highest BCUT2D eigenvalue weighted by Gasteiger charge is 2.14. The molecule has 0 saturated carbocycles. The van der Waals surface area contributed by atoms with Crippen LogP contribution in [0.1, 0.15) is 22.9 Å². The van der Waals surface area contributed by atoms with Crippen LogP contribution in [0.2, 0.25) is 10.0 Å². The van der Waals surface area contributed by atoms with Crippen LogP contribution in [0.3, 0.4) is 0 Å². The highest BCUT2D eigenvalue weighted by atomic mass is 35.5. The zero-order valence-corrected chi connectivity index (χ0v) is 12.0. The predicted octanol–water partition coefficient (Wildman–Crippen LogP) is 3.44. The SMILES string of the molecule is Cc1ncccc1C(Cc1ccc(Cl)c(Cl)c1)NN. The maximum atomic E-state index is 6.02. The molecular weight excluding hydrogens is 281 g/mol. The summed E-state index contributed by atoms with van der Waals surface area (Å²) in [6.07, 6.45) is 2.49. The summed E-state index contributed by atoms with van der Waals surface area (Å²) in [6, 6.07) is 9.52. The topological polar surface area (TPSA) is 50.9 Å². The molecule has 1 unspecified atom stereocenters. The van der Waals surface area contributed by atoms with Crippen molar-refractivity contribution in [3.05, 3.63) is 63.4 Å². The number of aromatic nitrogens is 1. The molecule has 19 heavy (non-hydrogen) atoms. The number of benzene rings is 1. The molecule has 0 aliphatic rings. The molecule has 0 aliphatic carbocycles. The number of hydrogen-bond donors (Lipinski definition) is 2. The summed E-state index contributed by atoms with van der Waals surface area (Å²) < 4.78 is 0. The Kier molecular flexibility index (Phi) is 4.77. The fraction of sp³-hybridized carbons (Fsp3) is 0.214. The molecule has 0 radical (unpaired) electrons. The van der Waals surface area contributed by atoms with Crippen LogP contribution in [-0.2, 0) is 6.42 Å². The largest absolute Gasteiger partial charge is 0.271 e. The fourth-order valence-electron chi connectivity index (χ4n) is 2.03. The zero-order valence-electron chi connectivity index (χ0n) is 10.5. The van der Waals surface area contributed by atoms with Gasteiger partial charge in [-0.3, -0.25) is 16.3 Å². The summed E-state index contributed by atoms with van der Waals surface area (Å²) in [5, 5.41) is 1.11. The lowest BCUT2D eigenvalue weighted by molar-refractivity contribution is 0.547. The van der Waals surface area contributed by atoms with E-state index in [9.17, 15) is 0 Å². The van der Waals surface area contributed by atoms with Gasteiger partial charge in [-0.2, -0.15) is 0 Å². The van der Waals surface area contributed by atoms with Crippen LogP contribution in [-0.4, -0.2) is 4.98 Å². The Morgan fingerprint density at radius 3 is 2.68 bits per heavy atom. The number of nitrogens with zero attached hydrogens (tertiary/aromatic N) is 1. The van der Waals surface area contributed by atoms with Gasteiger partial charge in [-0.15, -0.1) is 0 Å². The molecule has 0 spiro atoms. The van der Waals surface area contributed by atoms with Gasteiger partial charge in [0.05, 0.1) is 16.1 Å². The quantitative estimate of drug-likeness (QED) is 0.671. The van der Waals surface area contributed by atoms with Crippen molar-refractivity contribution in [2.75, 3.05) is 0 Å². The van der Waals surface area contributed by atoms with E-state index >= 15 is 0 Å². The van der Waals surface area contributed by atoms with Gasteiger partial charge in [-0.05, 0) is 42.7 Å². The number of aryl methyl sites for hydroxylation is 1. The second-order valence-electron chi connectivity index (χ2n) is 4.35. The lowest BCUT2D eigenvalue weighted by atomic mass is 9.98. The van der Waals surface area contributed by atoms with Crippen molar-refractivity contribution in [2.45, 2.75) is 19.4 Å². The lowest BCUT2D eigenvalue weighted by Crippen LogP contribution is -2.30. The maximum Gasteiger partial charge on any atom is 0.0595 e. The molecule has 0 amide bonds. The molecule has 1 aromatic heterocycles. The minimum Gasteiger partial charge on any atom is -0.271 e. The number of pyridine rings is 1. The van der Waals surface area contributed by atoms with E-state index in [-0.39, 0.29) is 6.04 Å². The summed E-state index contributed by atoms with van der Waals surface area (Å²) in [6.45, 7) is 1.97. The third-order valence-electron chi connectivity index (χ3n) is 3.05. The van der Waals surface area contributed by atoms with Crippen molar-refractivity contribution in [1.29, 1.82) is 0 Å². The van der Waals surface area contributed by atoms with E-state index in [4.69, 9.17) is 29.0 Å². The molecule has 1 atom stereocenters. The van der Waals surface area contributed by atoms with E-state index in [1.54, 1.807) is 12.3 Å². The van der Waals surface area contributed by atoms with Crippen molar-refractivity contribution in [3.63, 3.8) is 0 Å². The van der Waals surface area contributed by atoms with Crippen molar-refractivity contribution in [1.82, 2.24) is 10.4 Å². The van der Waals surface area contributed by atoms with E-state index in [0.29, 0.717) is 10.0 Å². The zero-order chi connectivity index (χ0) is 13.8. The van der Waals surface area contributed by atoms with Gasteiger partial charge in [-0.25, -0.2) is 0 Å². The first-order valence-electron chi connectivity index (χ1n) is 5.93. The first kappa shape index (κ1) is 14.3. The van der Waals surface area contributed by atoms with Gasteiger partial charge in [-0.1, -0.05) is 35.3 Å². The van der Waals surface area contributed by atoms with Crippen LogP contribution in [0.5, 0.6) is 0 Å². The van der Waals surface area contributed by atoms with Gasteiger partial charge < -0.3 is 0 Å². The molecule has 1 aromatic carbocycles. The minimum absolute atomic E-state index is 0.00839. The second kappa shape index (κ2) is 6.35. The lowest BCUT2D eigenvalue weighted by Gasteiger charge is -2.18. The monoisotopic (exact) mass is 295 g/mol. The van der Waals surface area contributed by atoms with Crippen LogP contribution in [0, 0.1) is 6.92 Å². The standard InChI is InChI=1S/C14H15Cl2N3/c1-9-11(3-2-6-18-9)14(19-17)8-10-4-5-12(15)13(16)7-10/h2-7,14,19H,8,17H2,1H3. The Morgan fingerprint density at radius 2 is 2.05 bits per heavy atom. The van der Waals surface area contributed by atoms with Gasteiger partial charge in [0.2, 0.25) is 0 Å². The Labute approximate surface area is 122 Å². The smallest absolute Gasteiger partial charge is 0.0595 e. The Morgan fingerprint density at radius 1 is 1.26 bits per heavy atom. The highest BCUT2D eigenvalue weighted by molar-refractivity contribution is 6.42. The number of hydrazine groups is 1. The van der Waals surface area contributed by atoms with Crippen molar-refractivity contribution in [3.8, 4) is 0 Å². The second-order valence-corrected chi connectivity index (χ2v) is 5.16. The summed E-state index contributed by atoms with van der Waals surface area (Å²) >= 11 is 11.9. The van der Waals surface area contributed by atoms with Gasteiger partial charge in [0, 0.05) is 11.9 Å². The molecule has 3 N–H and O–H groups in total. The van der Waals surface area contributed by atoms with Crippen LogP contribution in [0.4, 0.5) is 0 Å². The molecular formula is C14H15Cl2N3. The van der Waals surface area contributed by atoms with Gasteiger partial charge in [0.15, 0.2) is 0 Å². The molecule has 3 nitrogen and oxygen atoms in total. The summed E-state index contributed by atoms with van der Waals surface area (Å²) in [5.74, 6) is 5.65. The molecule has 0 fully saturated rings. The number of hydrogen-bond acceptors (Lipinski definition) is 3. The molecule has 0 bridgehead atoms. The fourth-order valence-corrected chi connectivity index (χ4v) is 2.35. The molecule has 2 rings (SSSR count). The normalized spacial score (nSPS) is 12.4. The highest BCUT2D eigenvalue weighted by Crippen LogP contribution is 2.26. The number of nitrogens with two attached hydrogens (primary N) is 1. The molecule has 0 aliphatic heterocycles. The summed E-state index contributed by atoms with van der Waals surface area (Å²) in [4.78, 5) is 4.28. The van der Waals surface area contributed by atoms with Gasteiger partial charge in [0.25, 0.3) is 0 Å². The van der Waals surface area contributed by atoms with E-state index in [0.717, 1.165) is 23.2 Å². The van der Waals surface area contributed by atoms with E-state index < -0.39 is 0 Å². The van der Waals surface area contributed by atoms with Crippen LogP contribution >= 0.6 is 23.2 Å². The predicted molar refractivity (Wildman–Crippen MR) is 79.2 cm³/mol. The van der Waals surface area contributed by atoms with Crippen LogP contribution in [0.15, 0.2) is 36.5 Å². The van der Waals surface area contributed by atoms with E-state index in [2.05, 4.69) is 10.4 Å². The Hall–Kier alpha value is -1.13. The van der Waals surface area contributed by atoms with Crippen molar-refractivity contribution >= 4 is 23.2 Å². The van der Waals surface area contributed by atoms with Crippen molar-refractivity contribution < 1.29 is 0 Å². The third kappa shape index (κ3) is 3.45. The molecule has 0 saturated heterocycles. The van der Waals surface area contributed by atoms with E-state index in [1.165, 1.54) is 0 Å². The number of nitrogens with one attached hydrogen (secondary N) is 1. The van der Waals surface area contributed by atoms with Crippen molar-refractivity contribution in [2.24, 2.45) is 5.84 Å². The first-order chi connectivity index (χ1) is 9.11. The maximum absolute atomic E-state index is 6.02. The average molecular weight is 296 g/mol. The Bertz CT molecular complexity index is 572. The van der Waals surface area contributed by atoms with Crippen LogP contribution < -0.4 is 11.3 Å². The Balaban J connectivity index is 2.24. The summed E-state index contributed by atoms with van der Waals surface area (Å²) in [5.41, 5.74) is 5.94. The molecule has 100 valence electrons. The molecule has 1 heterocycles. The first-order valence-corrected chi connectivity index (χ1v) is 6.69. The minimum atomic E-state index is -0.00839. The average Bonchev–Trinajstić information content (AvgIpc) is 2.41. The third-order valence-corrected chi connectivity index (χ3v) is 3.79. The van der Waals surface area contributed by atoms with Gasteiger partial charge >= 0.3 is 0 Å². The molecule has 5 heteroatoms. The van der Waals surface area contributed by atoms with E-state index in [1.807, 2.05) is 31.2 Å². The number of rotatable bonds is 4. The molecule has 2 aromatic rings. The van der Waals surface area contributed by atoms with Gasteiger partial charge in [0.1, 0.15) is 0 Å². The summed E-state index contributed by atoms with van der Waals surface area (Å²) in [7, 11) is 0. The number of halogens is 2.